The second kappa shape index (κ2) is 6.94. The minimum absolute atomic E-state index is 0.0191. The van der Waals surface area contributed by atoms with E-state index in [0.717, 1.165) is 11.8 Å². The molecule has 0 bridgehead atoms. The van der Waals surface area contributed by atoms with E-state index in [-0.39, 0.29) is 6.04 Å². The van der Waals surface area contributed by atoms with Crippen molar-refractivity contribution in [1.82, 2.24) is 14.9 Å². The summed E-state index contributed by atoms with van der Waals surface area (Å²) >= 11 is 0. The fourth-order valence-electron chi connectivity index (χ4n) is 2.96. The third kappa shape index (κ3) is 3.62. The van der Waals surface area contributed by atoms with Crippen LogP contribution in [0.15, 0.2) is 30.5 Å². The number of hydrogen-bond acceptors (Lipinski definition) is 3. The van der Waals surface area contributed by atoms with Crippen LogP contribution in [-0.2, 0) is 17.5 Å². The normalized spacial score (nSPS) is 16.5. The van der Waals surface area contributed by atoms with Gasteiger partial charge >= 0.3 is 6.18 Å². The van der Waals surface area contributed by atoms with Crippen LogP contribution in [0.3, 0.4) is 0 Å². The molecule has 0 atom stereocenters. The fraction of sp³-hybridized carbons (Fsp3) is 0.471. The maximum absolute atomic E-state index is 13.1. The zero-order chi connectivity index (χ0) is 17.2. The van der Waals surface area contributed by atoms with Crippen LogP contribution in [0.2, 0.25) is 0 Å². The Labute approximate surface area is 138 Å². The zero-order valence-electron chi connectivity index (χ0n) is 13.4. The average Bonchev–Trinajstić information content (AvgIpc) is 3.02. The van der Waals surface area contributed by atoms with E-state index in [1.165, 1.54) is 0 Å². The van der Waals surface area contributed by atoms with Crippen molar-refractivity contribution in [2.75, 3.05) is 20.3 Å². The summed E-state index contributed by atoms with van der Waals surface area (Å²) in [4.78, 5) is 3.88. The van der Waals surface area contributed by atoms with Gasteiger partial charge in [-0.1, -0.05) is 24.3 Å². The number of rotatable bonds is 4. The molecule has 0 aliphatic carbocycles. The Morgan fingerprint density at radius 1 is 1.21 bits per heavy atom. The summed E-state index contributed by atoms with van der Waals surface area (Å²) in [5.41, 5.74) is 0.918. The van der Waals surface area contributed by atoms with Gasteiger partial charge in [-0.15, -0.1) is 0 Å². The number of imidazole rings is 1. The fourth-order valence-corrected chi connectivity index (χ4v) is 2.96. The SMILES string of the molecule is CNCc1ccc(-c2nc(C(F)(F)F)cn2C2CCOCC2)cc1. The molecule has 1 aliphatic heterocycles. The molecule has 0 amide bonds. The molecule has 24 heavy (non-hydrogen) atoms. The predicted octanol–water partition coefficient (Wildman–Crippen LogP) is 3.64. The number of halogens is 3. The lowest BCUT2D eigenvalue weighted by Crippen LogP contribution is -2.19. The van der Waals surface area contributed by atoms with Crippen LogP contribution in [0.5, 0.6) is 0 Å². The Morgan fingerprint density at radius 3 is 2.46 bits per heavy atom. The van der Waals surface area contributed by atoms with Gasteiger partial charge in [0.2, 0.25) is 0 Å². The lowest BCUT2D eigenvalue weighted by atomic mass is 10.1. The van der Waals surface area contributed by atoms with Crippen molar-refractivity contribution in [3.05, 3.63) is 41.7 Å². The van der Waals surface area contributed by atoms with Crippen LogP contribution < -0.4 is 5.32 Å². The quantitative estimate of drug-likeness (QED) is 0.924. The zero-order valence-corrected chi connectivity index (χ0v) is 13.4. The molecule has 1 aliphatic rings. The van der Waals surface area contributed by atoms with E-state index < -0.39 is 11.9 Å². The van der Waals surface area contributed by atoms with Crippen molar-refractivity contribution < 1.29 is 17.9 Å². The van der Waals surface area contributed by atoms with E-state index in [1.54, 1.807) is 4.57 Å². The molecule has 1 fully saturated rings. The van der Waals surface area contributed by atoms with Gasteiger partial charge < -0.3 is 14.6 Å². The van der Waals surface area contributed by atoms with Crippen LogP contribution in [0, 0.1) is 0 Å². The van der Waals surface area contributed by atoms with E-state index in [1.807, 2.05) is 31.3 Å². The molecule has 3 rings (SSSR count). The molecular formula is C17H20F3N3O. The Morgan fingerprint density at radius 2 is 1.88 bits per heavy atom. The second-order valence-electron chi connectivity index (χ2n) is 5.93. The molecule has 0 radical (unpaired) electrons. The standard InChI is InChI=1S/C17H20F3N3O/c1-21-10-12-2-4-13(5-3-12)16-22-15(17(18,19)20)11-23(16)14-6-8-24-9-7-14/h2-5,11,14,21H,6-10H2,1H3. The summed E-state index contributed by atoms with van der Waals surface area (Å²) in [5.74, 6) is 0.366. The number of ether oxygens (including phenoxy) is 1. The molecule has 1 saturated heterocycles. The van der Waals surface area contributed by atoms with Gasteiger partial charge in [-0.25, -0.2) is 4.98 Å². The Bertz CT molecular complexity index is 673. The van der Waals surface area contributed by atoms with Crippen LogP contribution in [0.25, 0.3) is 11.4 Å². The number of alkyl halides is 3. The second-order valence-corrected chi connectivity index (χ2v) is 5.93. The number of aromatic nitrogens is 2. The monoisotopic (exact) mass is 339 g/mol. The van der Waals surface area contributed by atoms with E-state index in [0.29, 0.717) is 44.0 Å². The number of nitrogens with zero attached hydrogens (tertiary/aromatic N) is 2. The molecular weight excluding hydrogens is 319 g/mol. The van der Waals surface area contributed by atoms with Gasteiger partial charge in [-0.05, 0) is 25.5 Å². The highest BCUT2D eigenvalue weighted by Gasteiger charge is 2.36. The Hall–Kier alpha value is -1.86. The largest absolute Gasteiger partial charge is 0.434 e. The molecule has 4 nitrogen and oxygen atoms in total. The lowest BCUT2D eigenvalue weighted by molar-refractivity contribution is -0.140. The predicted molar refractivity (Wildman–Crippen MR) is 84.5 cm³/mol. The molecule has 1 aromatic carbocycles. The van der Waals surface area contributed by atoms with Gasteiger partial charge in [0.25, 0.3) is 0 Å². The first-order valence-corrected chi connectivity index (χ1v) is 7.97. The van der Waals surface area contributed by atoms with E-state index in [4.69, 9.17) is 4.74 Å². The molecule has 0 saturated carbocycles. The Balaban J connectivity index is 1.99. The summed E-state index contributed by atoms with van der Waals surface area (Å²) in [7, 11) is 1.85. The van der Waals surface area contributed by atoms with Crippen molar-refractivity contribution in [2.45, 2.75) is 31.6 Å². The first-order chi connectivity index (χ1) is 11.5. The maximum atomic E-state index is 13.1. The van der Waals surface area contributed by atoms with Gasteiger partial charge in [0, 0.05) is 37.6 Å². The number of hydrogen-bond donors (Lipinski definition) is 1. The van der Waals surface area contributed by atoms with Crippen molar-refractivity contribution >= 4 is 0 Å². The minimum atomic E-state index is -4.45. The van der Waals surface area contributed by atoms with E-state index in [9.17, 15) is 13.2 Å². The van der Waals surface area contributed by atoms with Crippen molar-refractivity contribution in [3.8, 4) is 11.4 Å². The van der Waals surface area contributed by atoms with Crippen LogP contribution >= 0.6 is 0 Å². The highest BCUT2D eigenvalue weighted by molar-refractivity contribution is 5.57. The van der Waals surface area contributed by atoms with E-state index in [2.05, 4.69) is 10.3 Å². The van der Waals surface area contributed by atoms with Crippen molar-refractivity contribution in [3.63, 3.8) is 0 Å². The molecule has 130 valence electrons. The van der Waals surface area contributed by atoms with E-state index >= 15 is 0 Å². The van der Waals surface area contributed by atoms with Gasteiger partial charge in [0.15, 0.2) is 5.69 Å². The molecule has 2 heterocycles. The van der Waals surface area contributed by atoms with Crippen LogP contribution in [-0.4, -0.2) is 29.8 Å². The summed E-state index contributed by atoms with van der Waals surface area (Å²) in [5, 5.41) is 3.05. The summed E-state index contributed by atoms with van der Waals surface area (Å²) in [6.45, 7) is 1.83. The van der Waals surface area contributed by atoms with Crippen LogP contribution in [0.1, 0.15) is 30.1 Å². The highest BCUT2D eigenvalue weighted by Crippen LogP contribution is 2.34. The lowest BCUT2D eigenvalue weighted by Gasteiger charge is -2.25. The number of nitrogens with one attached hydrogen (secondary N) is 1. The Kier molecular flexibility index (Phi) is 4.91. The summed E-state index contributed by atoms with van der Waals surface area (Å²) in [6, 6.07) is 7.44. The smallest absolute Gasteiger partial charge is 0.381 e. The topological polar surface area (TPSA) is 39.1 Å². The summed E-state index contributed by atoms with van der Waals surface area (Å²) in [6.07, 6.45) is -1.93. The molecule has 1 aromatic heterocycles. The first kappa shape index (κ1) is 17.0. The third-order valence-corrected chi connectivity index (χ3v) is 4.20. The minimum Gasteiger partial charge on any atom is -0.381 e. The van der Waals surface area contributed by atoms with Gasteiger partial charge in [-0.3, -0.25) is 0 Å². The average molecular weight is 339 g/mol. The third-order valence-electron chi connectivity index (χ3n) is 4.20. The first-order valence-electron chi connectivity index (χ1n) is 7.97. The number of benzene rings is 1. The van der Waals surface area contributed by atoms with Crippen molar-refractivity contribution in [1.29, 1.82) is 0 Å². The molecule has 7 heteroatoms. The molecule has 0 unspecified atom stereocenters. The van der Waals surface area contributed by atoms with Gasteiger partial charge in [0.05, 0.1) is 0 Å². The highest BCUT2D eigenvalue weighted by atomic mass is 19.4. The van der Waals surface area contributed by atoms with Crippen LogP contribution in [0.4, 0.5) is 13.2 Å². The molecule has 0 spiro atoms. The maximum Gasteiger partial charge on any atom is 0.434 e. The molecule has 1 N–H and O–H groups in total. The summed E-state index contributed by atoms with van der Waals surface area (Å²) < 4.78 is 46.3. The van der Waals surface area contributed by atoms with Crippen molar-refractivity contribution in [2.24, 2.45) is 0 Å². The molecule has 2 aromatic rings. The van der Waals surface area contributed by atoms with Gasteiger partial charge in [0.1, 0.15) is 5.82 Å². The van der Waals surface area contributed by atoms with Gasteiger partial charge in [-0.2, -0.15) is 13.2 Å².